The van der Waals surface area contributed by atoms with Crippen molar-refractivity contribution in [2.24, 2.45) is 0 Å². The van der Waals surface area contributed by atoms with Gasteiger partial charge in [0.2, 0.25) is 0 Å². The van der Waals surface area contributed by atoms with Crippen LogP contribution in [0.5, 0.6) is 0 Å². The quantitative estimate of drug-likeness (QED) is 0.204. The molecule has 2 aromatic rings. The van der Waals surface area contributed by atoms with Gasteiger partial charge in [-0.15, -0.1) is 0 Å². The van der Waals surface area contributed by atoms with Crippen LogP contribution >= 0.6 is 23.2 Å². The molecule has 0 radical (unpaired) electrons. The van der Waals surface area contributed by atoms with Gasteiger partial charge < -0.3 is 9.84 Å². The van der Waals surface area contributed by atoms with Crippen LogP contribution in [-0.4, -0.2) is 27.6 Å². The average molecular weight is 505 g/mol. The summed E-state index contributed by atoms with van der Waals surface area (Å²) in [7, 11) is 0. The molecule has 0 bridgehead atoms. The molecule has 0 aliphatic carbocycles. The number of hydrogen-bond acceptors (Lipinski definition) is 5. The van der Waals surface area contributed by atoms with Gasteiger partial charge in [0.1, 0.15) is 5.60 Å². The number of benzene rings is 2. The van der Waals surface area contributed by atoms with Crippen molar-refractivity contribution in [3.63, 3.8) is 0 Å². The number of carbonyl (C=O) groups excluding carboxylic acids is 1. The van der Waals surface area contributed by atoms with Gasteiger partial charge in [0.25, 0.3) is 5.69 Å². The Labute approximate surface area is 238 Å². The predicted octanol–water partition coefficient (Wildman–Crippen LogP) is 3.05. The zero-order valence-corrected chi connectivity index (χ0v) is 22.8. The Balaban J connectivity index is 0.00000512. The Bertz CT molecular complexity index is 1040. The Morgan fingerprint density at radius 1 is 1.12 bits per heavy atom. The minimum atomic E-state index is -1.26. The van der Waals surface area contributed by atoms with E-state index in [1.807, 2.05) is 0 Å². The number of aryl methyl sites for hydroxylation is 1. The van der Waals surface area contributed by atoms with Gasteiger partial charge in [0.15, 0.2) is 0 Å². The van der Waals surface area contributed by atoms with Gasteiger partial charge in [-0.3, -0.25) is 14.9 Å². The molecule has 164 valence electrons. The molecule has 10 heteroatoms. The summed E-state index contributed by atoms with van der Waals surface area (Å²) < 4.78 is 5.28. The maximum atomic E-state index is 11.9. The SMILES string of the molecule is CC(C)(C)OC(=O)CCc1cc(Cl)c(C=Cc2ccc(C(=O)O)cc2[N+](=O)[O-])c(Cl)c1.[K+]. The van der Waals surface area contributed by atoms with Crippen LogP contribution in [0.15, 0.2) is 30.3 Å². The van der Waals surface area contributed by atoms with Crippen LogP contribution in [0.1, 0.15) is 54.2 Å². The van der Waals surface area contributed by atoms with E-state index in [-0.39, 0.29) is 80.6 Å². The molecule has 0 aliphatic rings. The van der Waals surface area contributed by atoms with Crippen LogP contribution < -0.4 is 51.4 Å². The van der Waals surface area contributed by atoms with Gasteiger partial charge in [0.05, 0.1) is 16.1 Å². The van der Waals surface area contributed by atoms with E-state index in [0.717, 1.165) is 11.6 Å². The molecule has 0 fully saturated rings. The molecular weight excluding hydrogens is 484 g/mol. The Kier molecular flexibility index (Phi) is 11.0. The van der Waals surface area contributed by atoms with Gasteiger partial charge in [-0.25, -0.2) is 4.79 Å². The Morgan fingerprint density at radius 3 is 2.22 bits per heavy atom. The molecule has 0 atom stereocenters. The number of hydrogen-bond donors (Lipinski definition) is 1. The average Bonchev–Trinajstić information content (AvgIpc) is 2.64. The van der Waals surface area contributed by atoms with Crippen molar-refractivity contribution in [1.29, 1.82) is 0 Å². The Morgan fingerprint density at radius 2 is 1.72 bits per heavy atom. The van der Waals surface area contributed by atoms with Gasteiger partial charge in [0, 0.05) is 28.1 Å². The van der Waals surface area contributed by atoms with E-state index in [2.05, 4.69) is 0 Å². The van der Waals surface area contributed by atoms with E-state index in [9.17, 15) is 19.7 Å². The summed E-state index contributed by atoms with van der Waals surface area (Å²) in [5.41, 5.74) is 0.297. The van der Waals surface area contributed by atoms with Crippen LogP contribution in [0.3, 0.4) is 0 Å². The largest absolute Gasteiger partial charge is 1.00 e. The third-order valence-electron chi connectivity index (χ3n) is 4.08. The molecule has 1 N–H and O–H groups in total. The van der Waals surface area contributed by atoms with Crippen molar-refractivity contribution < 1.29 is 75.7 Å². The summed E-state index contributed by atoms with van der Waals surface area (Å²) >= 11 is 12.7. The summed E-state index contributed by atoms with van der Waals surface area (Å²) in [4.78, 5) is 33.6. The predicted molar refractivity (Wildman–Crippen MR) is 120 cm³/mol. The molecule has 0 unspecified atom stereocenters. The summed E-state index contributed by atoms with van der Waals surface area (Å²) in [5.74, 6) is -1.59. The molecule has 7 nitrogen and oxygen atoms in total. The number of esters is 1. The number of carbonyl (C=O) groups is 2. The van der Waals surface area contributed by atoms with Gasteiger partial charge in [-0.2, -0.15) is 0 Å². The summed E-state index contributed by atoms with van der Waals surface area (Å²) in [6.07, 6.45) is 3.52. The third-order valence-corrected chi connectivity index (χ3v) is 4.71. The second-order valence-electron chi connectivity index (χ2n) is 7.73. The normalized spacial score (nSPS) is 11.2. The molecule has 0 saturated carbocycles. The number of rotatable bonds is 7. The fourth-order valence-electron chi connectivity index (χ4n) is 2.73. The van der Waals surface area contributed by atoms with Crippen molar-refractivity contribution in [2.45, 2.75) is 39.2 Å². The molecule has 2 rings (SSSR count). The summed E-state index contributed by atoms with van der Waals surface area (Å²) in [6, 6.07) is 6.94. The molecule has 32 heavy (non-hydrogen) atoms. The second kappa shape index (κ2) is 12.3. The molecular formula is C22H21Cl2KNO6+. The van der Waals surface area contributed by atoms with E-state index in [1.165, 1.54) is 24.3 Å². The standard InChI is InChI=1S/C22H21Cl2NO6.K/c1-22(2,3)31-20(26)9-4-13-10-17(23)16(18(24)11-13)8-7-14-5-6-15(21(27)28)12-19(14)25(29)30;/h5-8,10-12H,4,9H2,1-3H3,(H,27,28);/q;+1. The number of nitro benzene ring substituents is 1. The smallest absolute Gasteiger partial charge is 0.478 e. The van der Waals surface area contributed by atoms with Crippen LogP contribution in [0.25, 0.3) is 12.2 Å². The number of carboxylic acid groups (broad SMARTS) is 1. The summed E-state index contributed by atoms with van der Waals surface area (Å²) in [6.45, 7) is 5.37. The number of ether oxygens (including phenoxy) is 1. The second-order valence-corrected chi connectivity index (χ2v) is 8.54. The first kappa shape index (κ1) is 28.8. The molecule has 0 aliphatic heterocycles. The molecule has 0 saturated heterocycles. The van der Waals surface area contributed by atoms with Crippen molar-refractivity contribution in [2.75, 3.05) is 0 Å². The van der Waals surface area contributed by atoms with E-state index >= 15 is 0 Å². The molecule has 0 amide bonds. The molecule has 0 heterocycles. The van der Waals surface area contributed by atoms with E-state index in [1.54, 1.807) is 32.9 Å². The molecule has 0 spiro atoms. The zero-order chi connectivity index (χ0) is 23.3. The van der Waals surface area contributed by atoms with Crippen molar-refractivity contribution in [3.05, 3.63) is 72.7 Å². The molecule has 0 aromatic heterocycles. The van der Waals surface area contributed by atoms with Gasteiger partial charge >= 0.3 is 63.3 Å². The Hall–Kier alpha value is -1.26. The number of nitro groups is 1. The fourth-order valence-corrected chi connectivity index (χ4v) is 3.39. The van der Waals surface area contributed by atoms with E-state index in [0.29, 0.717) is 22.0 Å². The van der Waals surface area contributed by atoms with Gasteiger partial charge in [-0.05, 0) is 63.1 Å². The third kappa shape index (κ3) is 8.59. The van der Waals surface area contributed by atoms with Crippen LogP contribution in [0.4, 0.5) is 5.69 Å². The first-order valence-corrected chi connectivity index (χ1v) is 10.0. The minimum Gasteiger partial charge on any atom is -0.478 e. The summed E-state index contributed by atoms with van der Waals surface area (Å²) in [5, 5.41) is 20.9. The molecule has 2 aromatic carbocycles. The van der Waals surface area contributed by atoms with E-state index < -0.39 is 16.5 Å². The first-order valence-electron chi connectivity index (χ1n) is 9.27. The van der Waals surface area contributed by atoms with Gasteiger partial charge in [-0.1, -0.05) is 29.3 Å². The maximum Gasteiger partial charge on any atom is 1.00 e. The van der Waals surface area contributed by atoms with Crippen molar-refractivity contribution in [1.82, 2.24) is 0 Å². The zero-order valence-electron chi connectivity index (χ0n) is 18.1. The van der Waals surface area contributed by atoms with Crippen LogP contribution in [0.2, 0.25) is 10.0 Å². The van der Waals surface area contributed by atoms with E-state index in [4.69, 9.17) is 33.0 Å². The number of carboxylic acids is 1. The van der Waals surface area contributed by atoms with Crippen molar-refractivity contribution >= 4 is 53.0 Å². The number of aromatic carboxylic acids is 1. The maximum absolute atomic E-state index is 11.9. The monoisotopic (exact) mass is 504 g/mol. The first-order chi connectivity index (χ1) is 14.4. The number of nitrogens with zero attached hydrogens (tertiary/aromatic N) is 1. The van der Waals surface area contributed by atoms with Crippen molar-refractivity contribution in [3.8, 4) is 0 Å². The minimum absolute atomic E-state index is 0. The topological polar surface area (TPSA) is 107 Å². The van der Waals surface area contributed by atoms with Crippen LogP contribution in [0, 0.1) is 10.1 Å². The number of halogens is 2. The fraction of sp³-hybridized carbons (Fsp3) is 0.273. The van der Waals surface area contributed by atoms with Crippen LogP contribution in [-0.2, 0) is 16.0 Å².